The van der Waals surface area contributed by atoms with Gasteiger partial charge >= 0.3 is 0 Å². The first-order valence-corrected chi connectivity index (χ1v) is 7.28. The van der Waals surface area contributed by atoms with Gasteiger partial charge in [0, 0.05) is 11.6 Å². The Kier molecular flexibility index (Phi) is 5.71. The molecule has 2 amide bonds. The van der Waals surface area contributed by atoms with Crippen molar-refractivity contribution in [3.05, 3.63) is 12.3 Å². The minimum atomic E-state index is -1.15. The number of hydrogen-bond acceptors (Lipinski definition) is 5. The second-order valence-electron chi connectivity index (χ2n) is 6.62. The third-order valence-electron chi connectivity index (χ3n) is 3.17. The molecule has 2 atom stereocenters. The zero-order valence-corrected chi connectivity index (χ0v) is 14.0. The van der Waals surface area contributed by atoms with Crippen molar-refractivity contribution in [2.24, 2.45) is 5.92 Å². The van der Waals surface area contributed by atoms with Gasteiger partial charge in [0.15, 0.2) is 5.82 Å². The minimum Gasteiger partial charge on any atom is -0.383 e. The number of hydrogen-bond donors (Lipinski definition) is 2. The van der Waals surface area contributed by atoms with Crippen molar-refractivity contribution in [1.29, 1.82) is 0 Å². The lowest BCUT2D eigenvalue weighted by Gasteiger charge is -2.35. The molecule has 2 unspecified atom stereocenters. The smallest absolute Gasteiger partial charge is 0.251 e. The first-order valence-electron chi connectivity index (χ1n) is 7.28. The Labute approximate surface area is 130 Å². The fourth-order valence-corrected chi connectivity index (χ4v) is 1.97. The van der Waals surface area contributed by atoms with Gasteiger partial charge in [-0.05, 0) is 33.6 Å². The lowest BCUT2D eigenvalue weighted by molar-refractivity contribution is -0.134. The van der Waals surface area contributed by atoms with Gasteiger partial charge in [-0.2, -0.15) is 0 Å². The largest absolute Gasteiger partial charge is 0.383 e. The molecular weight excluding hydrogens is 286 g/mol. The fourth-order valence-electron chi connectivity index (χ4n) is 1.97. The molecule has 22 heavy (non-hydrogen) atoms. The van der Waals surface area contributed by atoms with Crippen LogP contribution in [0.4, 0.5) is 5.82 Å². The van der Waals surface area contributed by atoms with E-state index >= 15 is 0 Å². The molecule has 0 saturated heterocycles. The second kappa shape index (κ2) is 6.91. The first kappa shape index (κ1) is 18.2. The van der Waals surface area contributed by atoms with E-state index in [2.05, 4.69) is 10.5 Å². The molecule has 0 spiro atoms. The minimum absolute atomic E-state index is 0.225. The Hall–Kier alpha value is -1.89. The Balaban J connectivity index is 2.89. The van der Waals surface area contributed by atoms with Crippen molar-refractivity contribution >= 4 is 17.6 Å². The molecule has 1 rings (SSSR count). The lowest BCUT2D eigenvalue weighted by Crippen LogP contribution is -2.55. The van der Waals surface area contributed by atoms with Crippen LogP contribution in [0.1, 0.15) is 41.5 Å². The maximum absolute atomic E-state index is 12.7. The van der Waals surface area contributed by atoms with E-state index in [0.717, 1.165) is 0 Å². The summed E-state index contributed by atoms with van der Waals surface area (Å²) in [7, 11) is 0. The van der Waals surface area contributed by atoms with Crippen LogP contribution in [-0.2, 0) is 9.59 Å². The second-order valence-corrected chi connectivity index (χ2v) is 6.62. The topological polar surface area (TPSA) is 95.7 Å². The SMILES string of the molecule is CC(NC(=O)C(O)C(C)C)C(=O)N(c1ccon1)C(C)(C)C. The number of anilines is 1. The number of nitrogens with one attached hydrogen (secondary N) is 1. The Bertz CT molecular complexity index is 505. The molecule has 0 saturated carbocycles. The molecule has 2 N–H and O–H groups in total. The van der Waals surface area contributed by atoms with Crippen LogP contribution in [0.25, 0.3) is 0 Å². The quantitative estimate of drug-likeness (QED) is 0.855. The molecule has 0 aliphatic rings. The zero-order chi connectivity index (χ0) is 17.1. The lowest BCUT2D eigenvalue weighted by atomic mass is 10.0. The van der Waals surface area contributed by atoms with Gasteiger partial charge in [-0.25, -0.2) is 0 Å². The molecule has 0 aliphatic carbocycles. The van der Waals surface area contributed by atoms with Crippen LogP contribution in [0.2, 0.25) is 0 Å². The number of aliphatic hydroxyl groups is 1. The maximum atomic E-state index is 12.7. The van der Waals surface area contributed by atoms with Crippen molar-refractivity contribution in [2.75, 3.05) is 4.90 Å². The first-order chi connectivity index (χ1) is 10.1. The predicted molar refractivity (Wildman–Crippen MR) is 82.2 cm³/mol. The number of amides is 2. The average molecular weight is 311 g/mol. The van der Waals surface area contributed by atoms with E-state index in [1.807, 2.05) is 20.8 Å². The van der Waals surface area contributed by atoms with Gasteiger partial charge in [-0.15, -0.1) is 0 Å². The summed E-state index contributed by atoms with van der Waals surface area (Å²) in [6.07, 6.45) is 0.234. The monoisotopic (exact) mass is 311 g/mol. The van der Waals surface area contributed by atoms with Gasteiger partial charge in [0.1, 0.15) is 18.4 Å². The standard InChI is InChI=1S/C15H25N3O4/c1-9(2)12(19)13(20)16-10(3)14(21)18(15(4,5)6)11-7-8-22-17-11/h7-10,12,19H,1-6H3,(H,16,20). The molecule has 1 heterocycles. The summed E-state index contributed by atoms with van der Waals surface area (Å²) >= 11 is 0. The van der Waals surface area contributed by atoms with Crippen molar-refractivity contribution in [1.82, 2.24) is 10.5 Å². The predicted octanol–water partition coefficient (Wildman–Crippen LogP) is 1.33. The van der Waals surface area contributed by atoms with Crippen molar-refractivity contribution in [2.45, 2.75) is 59.2 Å². The molecule has 0 aliphatic heterocycles. The molecule has 0 aromatic carbocycles. The van der Waals surface area contributed by atoms with E-state index in [9.17, 15) is 14.7 Å². The number of carbonyl (C=O) groups excluding carboxylic acids is 2. The highest BCUT2D eigenvalue weighted by molar-refractivity contribution is 5.99. The van der Waals surface area contributed by atoms with Crippen LogP contribution >= 0.6 is 0 Å². The molecule has 1 aromatic heterocycles. The van der Waals surface area contributed by atoms with Crippen LogP contribution in [0.5, 0.6) is 0 Å². The summed E-state index contributed by atoms with van der Waals surface area (Å²) < 4.78 is 4.80. The number of rotatable bonds is 5. The summed E-state index contributed by atoms with van der Waals surface area (Å²) in [5, 5.41) is 16.1. The molecule has 0 radical (unpaired) electrons. The van der Waals surface area contributed by atoms with Crippen molar-refractivity contribution < 1.29 is 19.2 Å². The van der Waals surface area contributed by atoms with Crippen LogP contribution in [0.15, 0.2) is 16.9 Å². The van der Waals surface area contributed by atoms with Crippen LogP contribution in [-0.4, -0.2) is 39.8 Å². The number of aliphatic hydroxyl groups excluding tert-OH is 1. The van der Waals surface area contributed by atoms with Gasteiger partial charge in [0.25, 0.3) is 5.91 Å². The summed E-state index contributed by atoms with van der Waals surface area (Å²) in [6, 6.07) is 0.789. The number of carbonyl (C=O) groups is 2. The molecular formula is C15H25N3O4. The molecule has 7 nitrogen and oxygen atoms in total. The highest BCUT2D eigenvalue weighted by atomic mass is 16.5. The highest BCUT2D eigenvalue weighted by Gasteiger charge is 2.34. The highest BCUT2D eigenvalue weighted by Crippen LogP contribution is 2.23. The Morgan fingerprint density at radius 2 is 1.91 bits per heavy atom. The van der Waals surface area contributed by atoms with Gasteiger partial charge in [0.05, 0.1) is 0 Å². The summed E-state index contributed by atoms with van der Waals surface area (Å²) in [4.78, 5) is 26.0. The molecule has 0 bridgehead atoms. The van der Waals surface area contributed by atoms with E-state index in [1.54, 1.807) is 26.8 Å². The third kappa shape index (κ3) is 4.30. The summed E-state index contributed by atoms with van der Waals surface area (Å²) in [6.45, 7) is 10.6. The van der Waals surface area contributed by atoms with Gasteiger partial charge in [-0.1, -0.05) is 19.0 Å². The summed E-state index contributed by atoms with van der Waals surface area (Å²) in [5.41, 5.74) is -0.538. The van der Waals surface area contributed by atoms with E-state index < -0.39 is 23.6 Å². The van der Waals surface area contributed by atoms with E-state index in [4.69, 9.17) is 4.52 Å². The van der Waals surface area contributed by atoms with Gasteiger partial charge < -0.3 is 14.9 Å². The Morgan fingerprint density at radius 3 is 2.32 bits per heavy atom. The van der Waals surface area contributed by atoms with E-state index in [0.29, 0.717) is 5.82 Å². The number of nitrogens with zero attached hydrogens (tertiary/aromatic N) is 2. The summed E-state index contributed by atoms with van der Waals surface area (Å²) in [5.74, 6) is -0.741. The van der Waals surface area contributed by atoms with E-state index in [-0.39, 0.29) is 11.8 Å². The average Bonchev–Trinajstić information content (AvgIpc) is 2.89. The molecule has 124 valence electrons. The van der Waals surface area contributed by atoms with Gasteiger partial charge in [-0.3, -0.25) is 14.5 Å². The molecule has 7 heteroatoms. The third-order valence-corrected chi connectivity index (χ3v) is 3.17. The number of aromatic nitrogens is 1. The molecule has 1 aromatic rings. The van der Waals surface area contributed by atoms with Crippen LogP contribution in [0.3, 0.4) is 0 Å². The maximum Gasteiger partial charge on any atom is 0.251 e. The van der Waals surface area contributed by atoms with Crippen LogP contribution < -0.4 is 10.2 Å². The normalized spacial score (nSPS) is 14.5. The van der Waals surface area contributed by atoms with Crippen molar-refractivity contribution in [3.63, 3.8) is 0 Å². The van der Waals surface area contributed by atoms with Crippen molar-refractivity contribution in [3.8, 4) is 0 Å². The molecule has 0 fully saturated rings. The van der Waals surface area contributed by atoms with E-state index in [1.165, 1.54) is 11.2 Å². The Morgan fingerprint density at radius 1 is 1.32 bits per heavy atom. The zero-order valence-electron chi connectivity index (χ0n) is 14.0. The van der Waals surface area contributed by atoms with Crippen LogP contribution in [0, 0.1) is 5.92 Å². The van der Waals surface area contributed by atoms with Gasteiger partial charge in [0.2, 0.25) is 5.91 Å². The fraction of sp³-hybridized carbons (Fsp3) is 0.667.